The second-order valence-electron chi connectivity index (χ2n) is 13.0. The molecule has 4 rings (SSSR count). The van der Waals surface area contributed by atoms with Crippen LogP contribution in [0.5, 0.6) is 0 Å². The van der Waals surface area contributed by atoms with Gasteiger partial charge in [0.2, 0.25) is 0 Å². The summed E-state index contributed by atoms with van der Waals surface area (Å²) < 4.78 is 24.1. The number of hydrogen-bond donors (Lipinski definition) is 1. The van der Waals surface area contributed by atoms with Gasteiger partial charge < -0.3 is 24.1 Å². The number of aliphatic hydroxyl groups is 1. The molecule has 3 aliphatic carbocycles. The molecule has 9 heteroatoms. The molecular weight excluding hydrogens is 528 g/mol. The maximum Gasteiger partial charge on any atom is 0.333 e. The second kappa shape index (κ2) is 10.5. The summed E-state index contributed by atoms with van der Waals surface area (Å²) in [7, 11) is 0. The number of ether oxygens (including phenoxy) is 4. The minimum atomic E-state index is -1.31. The Balaban J connectivity index is 1.87. The van der Waals surface area contributed by atoms with Crippen LogP contribution in [0.15, 0.2) is 34.9 Å². The van der Waals surface area contributed by atoms with Gasteiger partial charge in [-0.05, 0) is 64.0 Å². The summed E-state index contributed by atoms with van der Waals surface area (Å²) in [6, 6.07) is 0. The molecule has 1 aliphatic heterocycles. The minimum absolute atomic E-state index is 0.235. The van der Waals surface area contributed by atoms with Crippen LogP contribution in [0.1, 0.15) is 75.7 Å². The van der Waals surface area contributed by atoms with Gasteiger partial charge in [-0.1, -0.05) is 39.8 Å². The number of ketones is 1. The number of allylic oxidation sites excluding steroid dienone is 2. The van der Waals surface area contributed by atoms with E-state index in [-0.39, 0.29) is 17.6 Å². The molecule has 9 nitrogen and oxygen atoms in total. The van der Waals surface area contributed by atoms with Gasteiger partial charge in [0.15, 0.2) is 17.0 Å². The van der Waals surface area contributed by atoms with Gasteiger partial charge in [-0.15, -0.1) is 0 Å². The zero-order valence-electron chi connectivity index (χ0n) is 25.8. The molecule has 0 amide bonds. The Hall–Kier alpha value is -2.78. The van der Waals surface area contributed by atoms with Crippen LogP contribution < -0.4 is 0 Å². The number of aliphatic hydroxyl groups excluding tert-OH is 1. The third kappa shape index (κ3) is 4.79. The fourth-order valence-corrected chi connectivity index (χ4v) is 7.36. The van der Waals surface area contributed by atoms with Gasteiger partial charge in [0.05, 0.1) is 5.92 Å². The van der Waals surface area contributed by atoms with Gasteiger partial charge in [0.1, 0.15) is 24.4 Å². The number of esters is 3. The maximum atomic E-state index is 14.4. The number of rotatable bonds is 5. The first-order valence-electron chi connectivity index (χ1n) is 14.5. The van der Waals surface area contributed by atoms with Crippen molar-refractivity contribution in [2.75, 3.05) is 0 Å². The SMILES string of the molecule is C/C=C(\C)C(=O)OC1[C@H](O)/C(C)=C/[C@@]23O[C@@]2(C[C@H](C)[C@@H]3OC(=O)/C(C)=C/C)C(=O)[C@H](C)[C@@H](OC(C)=O)[C@@H]2[C@H]1C2(C)C. The van der Waals surface area contributed by atoms with E-state index in [9.17, 15) is 24.3 Å². The number of carbonyl (C=O) groups excluding carboxylic acids is 4. The van der Waals surface area contributed by atoms with Crippen molar-refractivity contribution in [3.8, 4) is 0 Å². The molecule has 0 spiro atoms. The quantitative estimate of drug-likeness (QED) is 0.171. The van der Waals surface area contributed by atoms with Crippen molar-refractivity contribution < 1.29 is 43.2 Å². The van der Waals surface area contributed by atoms with Crippen molar-refractivity contribution in [3.63, 3.8) is 0 Å². The van der Waals surface area contributed by atoms with Crippen LogP contribution in [0, 0.1) is 29.1 Å². The van der Waals surface area contributed by atoms with E-state index in [1.165, 1.54) is 6.92 Å². The van der Waals surface area contributed by atoms with E-state index < -0.39 is 70.8 Å². The molecule has 1 unspecified atom stereocenters. The Bertz CT molecular complexity index is 1240. The summed E-state index contributed by atoms with van der Waals surface area (Å²) in [5.74, 6) is -3.63. The Morgan fingerprint density at radius 2 is 1.49 bits per heavy atom. The molecule has 1 N–H and O–H groups in total. The molecule has 226 valence electrons. The molecule has 2 saturated carbocycles. The number of epoxide rings is 1. The molecule has 1 saturated heterocycles. The molecular formula is C32H44O9. The first kappa shape index (κ1) is 31.2. The third-order valence-corrected chi connectivity index (χ3v) is 10.00. The van der Waals surface area contributed by atoms with E-state index >= 15 is 0 Å². The van der Waals surface area contributed by atoms with E-state index in [0.717, 1.165) is 0 Å². The van der Waals surface area contributed by atoms with E-state index in [4.69, 9.17) is 18.9 Å². The fourth-order valence-electron chi connectivity index (χ4n) is 7.36. The summed E-state index contributed by atoms with van der Waals surface area (Å²) in [4.78, 5) is 52.5. The van der Waals surface area contributed by atoms with Crippen molar-refractivity contribution in [3.05, 3.63) is 34.9 Å². The van der Waals surface area contributed by atoms with Crippen molar-refractivity contribution in [1.82, 2.24) is 0 Å². The first-order valence-corrected chi connectivity index (χ1v) is 14.5. The van der Waals surface area contributed by atoms with E-state index in [0.29, 0.717) is 23.1 Å². The number of fused-ring (bicyclic) bond motifs is 1. The predicted molar refractivity (Wildman–Crippen MR) is 149 cm³/mol. The van der Waals surface area contributed by atoms with Gasteiger partial charge >= 0.3 is 17.9 Å². The Kier molecular flexibility index (Phi) is 7.97. The largest absolute Gasteiger partial charge is 0.461 e. The molecule has 41 heavy (non-hydrogen) atoms. The minimum Gasteiger partial charge on any atom is -0.461 e. The lowest BCUT2D eigenvalue weighted by Crippen LogP contribution is -2.43. The smallest absolute Gasteiger partial charge is 0.333 e. The lowest BCUT2D eigenvalue weighted by Gasteiger charge is -2.28. The fraction of sp³-hybridized carbons (Fsp3) is 0.688. The Morgan fingerprint density at radius 1 is 0.951 bits per heavy atom. The molecule has 0 aromatic heterocycles. The molecule has 1 heterocycles. The van der Waals surface area contributed by atoms with Crippen LogP contribution >= 0.6 is 0 Å². The average Bonchev–Trinajstić information content (AvgIpc) is 3.70. The predicted octanol–water partition coefficient (Wildman–Crippen LogP) is 4.02. The van der Waals surface area contributed by atoms with E-state index in [1.54, 1.807) is 59.8 Å². The number of carbonyl (C=O) groups is 4. The topological polar surface area (TPSA) is 129 Å². The Morgan fingerprint density at radius 3 is 2.02 bits per heavy atom. The summed E-state index contributed by atoms with van der Waals surface area (Å²) in [5, 5.41) is 11.8. The standard InChI is InChI=1S/C32H44O9/c1-11-15(3)28(36)39-25-22-21(30(22,9)10)24(38-20(8)33)19(7)26(35)31-14-18(6)27(40-29(37)16(4)12-2)32(31,41-31)13-17(5)23(25)34/h11-13,18-19,21-25,27,34H,14H2,1-10H3/b15-11+,16-12+,17-13+/t18-,19+,21-,22+,23+,24+,25?,27-,31-,32-/m0/s1. The summed E-state index contributed by atoms with van der Waals surface area (Å²) in [6.45, 7) is 17.3. The zero-order chi connectivity index (χ0) is 30.8. The van der Waals surface area contributed by atoms with Crippen LogP contribution in [0.25, 0.3) is 0 Å². The highest BCUT2D eigenvalue weighted by Crippen LogP contribution is 2.68. The van der Waals surface area contributed by atoms with Crippen LogP contribution in [0.3, 0.4) is 0 Å². The van der Waals surface area contributed by atoms with Crippen molar-refractivity contribution in [2.24, 2.45) is 29.1 Å². The molecule has 0 bridgehead atoms. The number of Topliss-reactive ketones (excluding diaryl/α,β-unsaturated/α-hetero) is 1. The lowest BCUT2D eigenvalue weighted by atomic mass is 9.80. The summed E-state index contributed by atoms with van der Waals surface area (Å²) in [5.41, 5.74) is -1.89. The maximum absolute atomic E-state index is 14.4. The highest BCUT2D eigenvalue weighted by Gasteiger charge is 2.84. The normalized spacial score (nSPS) is 42.8. The molecule has 0 radical (unpaired) electrons. The second-order valence-corrected chi connectivity index (χ2v) is 13.0. The van der Waals surface area contributed by atoms with Crippen molar-refractivity contribution in [1.29, 1.82) is 0 Å². The van der Waals surface area contributed by atoms with Gasteiger partial charge in [0.25, 0.3) is 0 Å². The van der Waals surface area contributed by atoms with Crippen LogP contribution in [-0.2, 0) is 38.1 Å². The molecule has 0 aromatic rings. The molecule has 4 aliphatic rings. The summed E-state index contributed by atoms with van der Waals surface area (Å²) in [6.07, 6.45) is 1.40. The molecule has 10 atom stereocenters. The van der Waals surface area contributed by atoms with Crippen LogP contribution in [-0.4, -0.2) is 64.4 Å². The van der Waals surface area contributed by atoms with E-state index in [1.807, 2.05) is 20.8 Å². The molecule has 3 fully saturated rings. The molecule has 0 aromatic carbocycles. The average molecular weight is 573 g/mol. The van der Waals surface area contributed by atoms with Gasteiger partial charge in [-0.2, -0.15) is 0 Å². The number of hydrogen-bond acceptors (Lipinski definition) is 9. The van der Waals surface area contributed by atoms with Gasteiger partial charge in [-0.25, -0.2) is 9.59 Å². The highest BCUT2D eigenvalue weighted by atomic mass is 16.7. The van der Waals surface area contributed by atoms with Crippen molar-refractivity contribution >= 4 is 23.7 Å². The van der Waals surface area contributed by atoms with Crippen molar-refractivity contribution in [2.45, 2.75) is 111 Å². The third-order valence-electron chi connectivity index (χ3n) is 10.00. The monoisotopic (exact) mass is 572 g/mol. The lowest BCUT2D eigenvalue weighted by molar-refractivity contribution is -0.157. The highest BCUT2D eigenvalue weighted by molar-refractivity contribution is 5.96. The zero-order valence-corrected chi connectivity index (χ0v) is 25.8. The summed E-state index contributed by atoms with van der Waals surface area (Å²) >= 11 is 0. The Labute approximate surface area is 242 Å². The van der Waals surface area contributed by atoms with Crippen LogP contribution in [0.2, 0.25) is 0 Å². The van der Waals surface area contributed by atoms with Crippen LogP contribution in [0.4, 0.5) is 0 Å². The first-order chi connectivity index (χ1) is 19.0. The van der Waals surface area contributed by atoms with E-state index in [2.05, 4.69) is 0 Å². The van der Waals surface area contributed by atoms with Gasteiger partial charge in [0, 0.05) is 29.9 Å². The van der Waals surface area contributed by atoms with Gasteiger partial charge in [-0.3, -0.25) is 9.59 Å².